The second-order valence-corrected chi connectivity index (χ2v) is 8.77. The number of carbonyl (C=O) groups excluding carboxylic acids is 2. The number of aryl methyl sites for hydroxylation is 1. The van der Waals surface area contributed by atoms with Gasteiger partial charge < -0.3 is 15.0 Å². The molecule has 28 heavy (non-hydrogen) atoms. The van der Waals surface area contributed by atoms with E-state index in [1.807, 2.05) is 20.8 Å². The SMILES string of the molecule is CCOC(=O)c1sc2nc([C@@H](C)SCC(=O)NC(CC)CC)[nH]c(=O)c2c1C. The van der Waals surface area contributed by atoms with Gasteiger partial charge in [0.05, 0.1) is 23.0 Å². The smallest absolute Gasteiger partial charge is 0.348 e. The lowest BCUT2D eigenvalue weighted by Gasteiger charge is -2.15. The monoisotopic (exact) mass is 425 g/mol. The first-order valence-electron chi connectivity index (χ1n) is 9.43. The predicted octanol–water partition coefficient (Wildman–Crippen LogP) is 3.57. The molecule has 0 fully saturated rings. The summed E-state index contributed by atoms with van der Waals surface area (Å²) < 4.78 is 5.05. The van der Waals surface area contributed by atoms with Crippen LogP contribution >= 0.6 is 23.1 Å². The van der Waals surface area contributed by atoms with Crippen molar-refractivity contribution in [3.05, 3.63) is 26.6 Å². The first kappa shape index (κ1) is 22.4. The van der Waals surface area contributed by atoms with E-state index in [2.05, 4.69) is 15.3 Å². The number of nitrogens with zero attached hydrogens (tertiary/aromatic N) is 1. The molecule has 0 aliphatic rings. The summed E-state index contributed by atoms with van der Waals surface area (Å²) in [5.41, 5.74) is 0.307. The Kier molecular flexibility index (Phi) is 8.06. The van der Waals surface area contributed by atoms with Crippen molar-refractivity contribution in [2.45, 2.75) is 58.8 Å². The van der Waals surface area contributed by atoms with Crippen molar-refractivity contribution in [3.8, 4) is 0 Å². The molecule has 2 aromatic rings. The molecule has 0 spiro atoms. The Morgan fingerprint density at radius 1 is 1.29 bits per heavy atom. The summed E-state index contributed by atoms with van der Waals surface area (Å²) in [7, 11) is 0. The second kappa shape index (κ2) is 10.1. The van der Waals surface area contributed by atoms with Crippen molar-refractivity contribution in [2.75, 3.05) is 12.4 Å². The molecule has 0 saturated carbocycles. The molecule has 0 unspecified atom stereocenters. The third-order valence-corrected chi connectivity index (χ3v) is 6.80. The third kappa shape index (κ3) is 5.14. The molecule has 0 bridgehead atoms. The van der Waals surface area contributed by atoms with E-state index in [0.717, 1.165) is 24.2 Å². The molecule has 1 atom stereocenters. The second-order valence-electron chi connectivity index (χ2n) is 6.44. The van der Waals surface area contributed by atoms with E-state index in [0.29, 0.717) is 26.5 Å². The minimum atomic E-state index is -0.440. The minimum Gasteiger partial charge on any atom is -0.462 e. The summed E-state index contributed by atoms with van der Waals surface area (Å²) in [6.07, 6.45) is 1.79. The highest BCUT2D eigenvalue weighted by Crippen LogP contribution is 2.30. The number of aromatic amines is 1. The van der Waals surface area contributed by atoms with Gasteiger partial charge in [-0.15, -0.1) is 23.1 Å². The summed E-state index contributed by atoms with van der Waals surface area (Å²) >= 11 is 2.57. The largest absolute Gasteiger partial charge is 0.462 e. The van der Waals surface area contributed by atoms with Crippen LogP contribution in [0.25, 0.3) is 10.2 Å². The highest BCUT2D eigenvalue weighted by atomic mass is 32.2. The van der Waals surface area contributed by atoms with Gasteiger partial charge in [0.15, 0.2) is 0 Å². The molecular weight excluding hydrogens is 398 g/mol. The number of rotatable bonds is 9. The Balaban J connectivity index is 2.17. The van der Waals surface area contributed by atoms with E-state index in [1.54, 1.807) is 13.8 Å². The molecule has 7 nitrogen and oxygen atoms in total. The number of aromatic nitrogens is 2. The standard InChI is InChI=1S/C19H27N3O4S2/c1-6-12(7-2)20-13(23)9-27-11(5)16-21-17(24)14-10(4)15(19(25)26-8-3)28-18(14)22-16/h11-12H,6-9H2,1-5H3,(H,20,23)(H,21,22,24)/t11-/m1/s1. The van der Waals surface area contributed by atoms with Crippen LogP contribution in [0.5, 0.6) is 0 Å². The molecule has 0 aliphatic heterocycles. The molecule has 0 aromatic carbocycles. The number of carbonyl (C=O) groups is 2. The summed E-state index contributed by atoms with van der Waals surface area (Å²) in [6, 6.07) is 0.188. The normalized spacial score (nSPS) is 12.4. The molecule has 2 rings (SSSR count). The Bertz CT molecular complexity index is 902. The third-order valence-electron chi connectivity index (χ3n) is 4.48. The Labute approximate surface area is 172 Å². The van der Waals surface area contributed by atoms with Crippen LogP contribution in [-0.4, -0.2) is 40.2 Å². The van der Waals surface area contributed by atoms with Gasteiger partial charge in [-0.05, 0) is 39.2 Å². The van der Waals surface area contributed by atoms with Gasteiger partial charge >= 0.3 is 5.97 Å². The van der Waals surface area contributed by atoms with Gasteiger partial charge in [-0.1, -0.05) is 13.8 Å². The summed E-state index contributed by atoms with van der Waals surface area (Å²) in [5, 5.41) is 3.25. The topological polar surface area (TPSA) is 101 Å². The fourth-order valence-electron chi connectivity index (χ4n) is 2.79. The number of esters is 1. The van der Waals surface area contributed by atoms with Crippen LogP contribution in [-0.2, 0) is 9.53 Å². The van der Waals surface area contributed by atoms with E-state index in [9.17, 15) is 14.4 Å². The maximum absolute atomic E-state index is 12.6. The van der Waals surface area contributed by atoms with Crippen LogP contribution in [0.4, 0.5) is 0 Å². The van der Waals surface area contributed by atoms with Gasteiger partial charge in [0.2, 0.25) is 5.91 Å². The Hall–Kier alpha value is -1.87. The molecule has 9 heteroatoms. The van der Waals surface area contributed by atoms with Gasteiger partial charge in [-0.25, -0.2) is 9.78 Å². The molecular formula is C19H27N3O4S2. The summed E-state index contributed by atoms with van der Waals surface area (Å²) in [6.45, 7) is 9.72. The zero-order valence-electron chi connectivity index (χ0n) is 16.9. The molecule has 2 heterocycles. The van der Waals surface area contributed by atoms with E-state index in [4.69, 9.17) is 4.74 Å². The van der Waals surface area contributed by atoms with E-state index >= 15 is 0 Å². The molecule has 0 radical (unpaired) electrons. The van der Waals surface area contributed by atoms with Gasteiger partial charge in [0.25, 0.3) is 5.56 Å². The number of thioether (sulfide) groups is 1. The molecule has 1 amide bonds. The van der Waals surface area contributed by atoms with E-state index in [1.165, 1.54) is 11.8 Å². The molecule has 0 saturated heterocycles. The van der Waals surface area contributed by atoms with Crippen LogP contribution < -0.4 is 10.9 Å². The average Bonchev–Trinajstić information content (AvgIpc) is 3.01. The number of nitrogens with one attached hydrogen (secondary N) is 2. The number of hydrogen-bond donors (Lipinski definition) is 2. The number of hydrogen-bond acceptors (Lipinski definition) is 7. The fraction of sp³-hybridized carbons (Fsp3) is 0.579. The maximum atomic E-state index is 12.6. The van der Waals surface area contributed by atoms with E-state index in [-0.39, 0.29) is 35.1 Å². The van der Waals surface area contributed by atoms with Crippen LogP contribution in [0.2, 0.25) is 0 Å². The van der Waals surface area contributed by atoms with Crippen molar-refractivity contribution >= 4 is 45.2 Å². The highest BCUT2D eigenvalue weighted by Gasteiger charge is 2.21. The highest BCUT2D eigenvalue weighted by molar-refractivity contribution is 8.00. The van der Waals surface area contributed by atoms with Crippen molar-refractivity contribution < 1.29 is 14.3 Å². The zero-order valence-corrected chi connectivity index (χ0v) is 18.5. The van der Waals surface area contributed by atoms with Crippen LogP contribution in [0.15, 0.2) is 4.79 Å². The minimum absolute atomic E-state index is 0.0226. The van der Waals surface area contributed by atoms with Gasteiger partial charge in [-0.3, -0.25) is 9.59 Å². The molecule has 0 aliphatic carbocycles. The quantitative estimate of drug-likeness (QED) is 0.596. The zero-order chi connectivity index (χ0) is 20.8. The van der Waals surface area contributed by atoms with Crippen molar-refractivity contribution in [1.82, 2.24) is 15.3 Å². The first-order chi connectivity index (χ1) is 13.3. The summed E-state index contributed by atoms with van der Waals surface area (Å²) in [4.78, 5) is 45.0. The fourth-order valence-corrected chi connectivity index (χ4v) is 4.62. The lowest BCUT2D eigenvalue weighted by atomic mass is 10.2. The van der Waals surface area contributed by atoms with Gasteiger partial charge in [-0.2, -0.15) is 0 Å². The number of ether oxygens (including phenoxy) is 1. The predicted molar refractivity (Wildman–Crippen MR) is 114 cm³/mol. The van der Waals surface area contributed by atoms with Crippen molar-refractivity contribution in [1.29, 1.82) is 0 Å². The van der Waals surface area contributed by atoms with E-state index < -0.39 is 5.97 Å². The van der Waals surface area contributed by atoms with Crippen LogP contribution in [0.3, 0.4) is 0 Å². The Morgan fingerprint density at radius 3 is 2.57 bits per heavy atom. The van der Waals surface area contributed by atoms with Crippen LogP contribution in [0.1, 0.15) is 66.8 Å². The number of thiophene rings is 1. The molecule has 2 N–H and O–H groups in total. The number of amides is 1. The molecule has 2 aromatic heterocycles. The lowest BCUT2D eigenvalue weighted by Crippen LogP contribution is -2.35. The van der Waals surface area contributed by atoms with Crippen molar-refractivity contribution in [2.24, 2.45) is 0 Å². The van der Waals surface area contributed by atoms with Crippen LogP contribution in [0, 0.1) is 6.92 Å². The Morgan fingerprint density at radius 2 is 1.96 bits per heavy atom. The molecule has 154 valence electrons. The lowest BCUT2D eigenvalue weighted by molar-refractivity contribution is -0.119. The van der Waals surface area contributed by atoms with Crippen molar-refractivity contribution in [3.63, 3.8) is 0 Å². The maximum Gasteiger partial charge on any atom is 0.348 e. The number of fused-ring (bicyclic) bond motifs is 1. The average molecular weight is 426 g/mol. The summed E-state index contributed by atoms with van der Waals surface area (Å²) in [5.74, 6) is 0.321. The number of H-pyrrole nitrogens is 1. The van der Waals surface area contributed by atoms with Gasteiger partial charge in [0.1, 0.15) is 15.5 Å². The van der Waals surface area contributed by atoms with Gasteiger partial charge in [0, 0.05) is 6.04 Å². The first-order valence-corrected chi connectivity index (χ1v) is 11.3.